The summed E-state index contributed by atoms with van der Waals surface area (Å²) >= 11 is 0. The summed E-state index contributed by atoms with van der Waals surface area (Å²) in [6, 6.07) is 1.54. The minimum Gasteiger partial charge on any atom is -0.397 e. The molecule has 4 aromatic heterocycles. The summed E-state index contributed by atoms with van der Waals surface area (Å²) in [6.45, 7) is -1.12. The predicted octanol–water partition coefficient (Wildman–Crippen LogP) is -1.28. The van der Waals surface area contributed by atoms with E-state index in [0.29, 0.717) is 22.4 Å². The lowest BCUT2D eigenvalue weighted by Gasteiger charge is -2.25. The highest BCUT2D eigenvalue weighted by molar-refractivity contribution is 7.84. The van der Waals surface area contributed by atoms with Crippen LogP contribution in [0.2, 0.25) is 0 Å². The van der Waals surface area contributed by atoms with Crippen molar-refractivity contribution < 1.29 is 45.7 Å². The average molecular weight is 641 g/mol. The lowest BCUT2D eigenvalue weighted by Crippen LogP contribution is -2.44. The van der Waals surface area contributed by atoms with Crippen LogP contribution in [0.5, 0.6) is 0 Å². The van der Waals surface area contributed by atoms with Crippen molar-refractivity contribution in [2.75, 3.05) is 24.6 Å². The molecule has 230 valence electrons. The monoisotopic (exact) mass is 640 g/mol. The number of phosphoric acid groups is 1. The van der Waals surface area contributed by atoms with Crippen molar-refractivity contribution in [2.24, 2.45) is 0 Å². The van der Waals surface area contributed by atoms with Crippen LogP contribution < -0.4 is 16.2 Å². The molecule has 0 saturated carbocycles. The smallest absolute Gasteiger partial charge is 0.397 e. The van der Waals surface area contributed by atoms with E-state index in [2.05, 4.69) is 29.6 Å². The Morgan fingerprint density at radius 3 is 2.60 bits per heavy atom. The van der Waals surface area contributed by atoms with Gasteiger partial charge in [0.25, 0.3) is 0 Å². The first-order valence-corrected chi connectivity index (χ1v) is 15.7. The zero-order valence-electron chi connectivity index (χ0n) is 21.9. The van der Waals surface area contributed by atoms with Crippen molar-refractivity contribution in [3.63, 3.8) is 0 Å². The number of ether oxygens (including phenoxy) is 2. The van der Waals surface area contributed by atoms with Crippen LogP contribution in [0, 0.1) is 0 Å². The van der Waals surface area contributed by atoms with Crippen molar-refractivity contribution in [3.05, 3.63) is 31.2 Å². The van der Waals surface area contributed by atoms with Gasteiger partial charge in [0.1, 0.15) is 54.1 Å². The Bertz CT molecular complexity index is 1850. The van der Waals surface area contributed by atoms with Crippen molar-refractivity contribution >= 4 is 52.0 Å². The molecule has 7 N–H and O–H groups in total. The third kappa shape index (κ3) is 5.12. The van der Waals surface area contributed by atoms with E-state index in [1.165, 1.54) is 40.4 Å². The van der Waals surface area contributed by atoms with Gasteiger partial charge in [0.2, 0.25) is 0 Å². The number of hydrogen-bond donors (Lipinski definition) is 5. The Morgan fingerprint density at radius 1 is 1.00 bits per heavy atom. The zero-order chi connectivity index (χ0) is 30.1. The fourth-order valence-electron chi connectivity index (χ4n) is 5.32. The van der Waals surface area contributed by atoms with Crippen molar-refractivity contribution in [1.82, 2.24) is 38.8 Å². The highest BCUT2D eigenvalue weighted by Crippen LogP contribution is 2.49. The second kappa shape index (κ2) is 10.4. The number of aliphatic hydroxyl groups is 1. The number of anilines is 2. The molecule has 7 rings (SSSR count). The molecule has 43 heavy (non-hydrogen) atoms. The number of phosphoric ester groups is 1. The van der Waals surface area contributed by atoms with Crippen LogP contribution in [0.25, 0.3) is 22.3 Å². The standard InChI is InChI=1S/C21H25N10O10PS/c22-9-1-2-24-19-14(9)27-8-31(19)21-16(32)17-12(39-21)5-37-42(33,34)40-10-3-13(38-11(10)4-29-43(35,36)41-17)30-7-28-15-18(23)25-6-26-20(15)30/h1-2,6-8,10-13,16-17,21,29,32H,3-5H2,(H2,22,24)(H,33,34)(H2,23,25,26). The summed E-state index contributed by atoms with van der Waals surface area (Å²) in [7, 11) is -9.33. The van der Waals surface area contributed by atoms with Crippen LogP contribution in [0.4, 0.5) is 11.5 Å². The summed E-state index contributed by atoms with van der Waals surface area (Å²) in [5.74, 6) is 0.140. The molecule has 7 heterocycles. The van der Waals surface area contributed by atoms with E-state index in [0.717, 1.165) is 0 Å². The summed E-state index contributed by atoms with van der Waals surface area (Å²) < 4.78 is 72.1. The van der Waals surface area contributed by atoms with Gasteiger partial charge in [-0.3, -0.25) is 18.2 Å². The number of rotatable bonds is 2. The average Bonchev–Trinajstić information content (AvgIpc) is 3.72. The molecular weight excluding hydrogens is 615 g/mol. The van der Waals surface area contributed by atoms with Crippen LogP contribution in [0.15, 0.2) is 31.2 Å². The Morgan fingerprint density at radius 2 is 1.77 bits per heavy atom. The molecule has 22 heteroatoms. The van der Waals surface area contributed by atoms with Crippen LogP contribution in [0.3, 0.4) is 0 Å². The molecule has 0 bridgehead atoms. The van der Waals surface area contributed by atoms with Gasteiger partial charge in [-0.15, -0.1) is 0 Å². The minimum atomic E-state index is -4.79. The number of pyridine rings is 1. The molecular formula is C21H25N10O10PS. The number of nitrogens with one attached hydrogen (secondary N) is 1. The molecule has 20 nitrogen and oxygen atoms in total. The molecule has 0 aliphatic carbocycles. The lowest BCUT2D eigenvalue weighted by atomic mass is 10.1. The van der Waals surface area contributed by atoms with Gasteiger partial charge in [-0.1, -0.05) is 0 Å². The van der Waals surface area contributed by atoms with Gasteiger partial charge < -0.3 is 30.9 Å². The minimum absolute atomic E-state index is 0.0102. The molecule has 3 aliphatic heterocycles. The SMILES string of the molecule is Nc1ncnc2c1ncn2C1CC2OP(=O)(O)OCC3OC(n4cnc5c(N)ccnc54)C(O)C3OS(=O)(=O)NCC2O1. The van der Waals surface area contributed by atoms with Gasteiger partial charge in [-0.05, 0) is 6.07 Å². The van der Waals surface area contributed by atoms with E-state index in [9.17, 15) is 23.0 Å². The Hall–Kier alpha value is -3.37. The van der Waals surface area contributed by atoms with E-state index in [4.69, 9.17) is 34.2 Å². The number of nitrogens with two attached hydrogens (primary N) is 2. The van der Waals surface area contributed by atoms with Crippen molar-refractivity contribution in [3.8, 4) is 0 Å². The van der Waals surface area contributed by atoms with Crippen LogP contribution in [0.1, 0.15) is 18.9 Å². The van der Waals surface area contributed by atoms with Crippen LogP contribution in [-0.2, 0) is 37.6 Å². The van der Waals surface area contributed by atoms with Crippen LogP contribution >= 0.6 is 7.82 Å². The molecule has 0 spiro atoms. The first kappa shape index (κ1) is 28.4. The maximum absolute atomic E-state index is 13.0. The van der Waals surface area contributed by atoms with Gasteiger partial charge in [-0.25, -0.2) is 33.7 Å². The number of aliphatic hydroxyl groups excluding tert-OH is 1. The maximum Gasteiger partial charge on any atom is 0.472 e. The van der Waals surface area contributed by atoms with E-state index in [1.807, 2.05) is 0 Å². The Kier molecular flexibility index (Phi) is 6.85. The second-order valence-electron chi connectivity index (χ2n) is 10.00. The molecule has 0 radical (unpaired) electrons. The van der Waals surface area contributed by atoms with E-state index >= 15 is 0 Å². The van der Waals surface area contributed by atoms with Crippen molar-refractivity contribution in [1.29, 1.82) is 0 Å². The normalized spacial score (nSPS) is 34.9. The highest BCUT2D eigenvalue weighted by Gasteiger charge is 2.50. The number of imidazole rings is 2. The van der Waals surface area contributed by atoms with Gasteiger partial charge in [0.15, 0.2) is 23.3 Å². The molecule has 0 aromatic carbocycles. The third-order valence-electron chi connectivity index (χ3n) is 7.32. The summed E-state index contributed by atoms with van der Waals surface area (Å²) in [6.07, 6.45) is -3.45. The topological polar surface area (TPSA) is 276 Å². The molecule has 3 fully saturated rings. The number of aromatic nitrogens is 7. The van der Waals surface area contributed by atoms with E-state index < -0.39 is 74.3 Å². The molecule has 4 aromatic rings. The summed E-state index contributed by atoms with van der Waals surface area (Å²) in [4.78, 5) is 31.2. The first-order valence-electron chi connectivity index (χ1n) is 12.8. The van der Waals surface area contributed by atoms with E-state index in [-0.39, 0.29) is 17.9 Å². The van der Waals surface area contributed by atoms with E-state index in [1.54, 1.807) is 0 Å². The molecule has 3 saturated heterocycles. The molecule has 8 atom stereocenters. The molecule has 8 unspecified atom stereocenters. The quantitative estimate of drug-likeness (QED) is 0.159. The Balaban J connectivity index is 1.15. The Labute approximate surface area is 241 Å². The largest absolute Gasteiger partial charge is 0.472 e. The van der Waals surface area contributed by atoms with Gasteiger partial charge >= 0.3 is 18.1 Å². The lowest BCUT2D eigenvalue weighted by molar-refractivity contribution is -0.0541. The van der Waals surface area contributed by atoms with Crippen LogP contribution in [-0.4, -0.2) is 96.1 Å². The van der Waals surface area contributed by atoms with Gasteiger partial charge in [-0.2, -0.15) is 13.1 Å². The third-order valence-corrected chi connectivity index (χ3v) is 9.33. The fraction of sp³-hybridized carbons (Fsp3) is 0.476. The summed E-state index contributed by atoms with van der Waals surface area (Å²) in [5.41, 5.74) is 13.4. The van der Waals surface area contributed by atoms with Gasteiger partial charge in [0, 0.05) is 19.2 Å². The number of nitrogens with zero attached hydrogens (tertiary/aromatic N) is 7. The maximum atomic E-state index is 13.0. The second-order valence-corrected chi connectivity index (χ2v) is 12.8. The van der Waals surface area contributed by atoms with Gasteiger partial charge in [0.05, 0.1) is 24.9 Å². The fourth-order valence-corrected chi connectivity index (χ4v) is 7.25. The molecule has 0 amide bonds. The number of hydrogen-bond acceptors (Lipinski definition) is 16. The predicted molar refractivity (Wildman–Crippen MR) is 143 cm³/mol. The first-order chi connectivity index (χ1) is 20.5. The zero-order valence-corrected chi connectivity index (χ0v) is 23.6. The highest BCUT2D eigenvalue weighted by atomic mass is 32.2. The van der Waals surface area contributed by atoms with Crippen molar-refractivity contribution in [2.45, 2.75) is 49.4 Å². The number of nitrogen functional groups attached to an aromatic ring is 2. The number of fused-ring (bicyclic) bond motifs is 4. The molecule has 3 aliphatic rings. The summed E-state index contributed by atoms with van der Waals surface area (Å²) in [5, 5.41) is 11.1.